The Morgan fingerprint density at radius 2 is 2.12 bits per heavy atom. The Morgan fingerprint density at radius 3 is 2.83 bits per heavy atom. The van der Waals surface area contributed by atoms with Crippen molar-refractivity contribution < 1.29 is 4.79 Å². The molecule has 8 heteroatoms. The highest BCUT2D eigenvalue weighted by atomic mass is 35.5. The van der Waals surface area contributed by atoms with Crippen LogP contribution in [0.5, 0.6) is 0 Å². The number of H-pyrrole nitrogens is 1. The van der Waals surface area contributed by atoms with Gasteiger partial charge in [-0.1, -0.05) is 48.0 Å². The highest BCUT2D eigenvalue weighted by Gasteiger charge is 2.32. The smallest absolute Gasteiger partial charge is 0.257 e. The number of anilines is 1. The lowest BCUT2D eigenvalue weighted by atomic mass is 9.87. The van der Waals surface area contributed by atoms with Crippen LogP contribution in [0.2, 0.25) is 10.0 Å². The molecule has 0 saturated heterocycles. The summed E-state index contributed by atoms with van der Waals surface area (Å²) in [5.74, 6) is 0.509. The molecular formula is C16H15Cl2N3O2S. The summed E-state index contributed by atoms with van der Waals surface area (Å²) in [5.41, 5.74) is 0.868. The summed E-state index contributed by atoms with van der Waals surface area (Å²) in [6.07, 6.45) is 1.10. The lowest BCUT2D eigenvalue weighted by Gasteiger charge is -2.25. The maximum atomic E-state index is 12.6. The second-order valence-electron chi connectivity index (χ2n) is 5.45. The highest BCUT2D eigenvalue weighted by Crippen LogP contribution is 2.38. The predicted molar refractivity (Wildman–Crippen MR) is 97.4 cm³/mol. The van der Waals surface area contributed by atoms with Crippen LogP contribution in [0.25, 0.3) is 0 Å². The van der Waals surface area contributed by atoms with Gasteiger partial charge in [-0.25, -0.2) is 4.98 Å². The number of fused-ring (bicyclic) bond motifs is 1. The van der Waals surface area contributed by atoms with E-state index in [1.807, 2.05) is 6.92 Å². The molecule has 126 valence electrons. The van der Waals surface area contributed by atoms with E-state index in [9.17, 15) is 9.59 Å². The summed E-state index contributed by atoms with van der Waals surface area (Å²) in [4.78, 5) is 31.9. The number of nitrogens with one attached hydrogen (secondary N) is 2. The number of carbonyl (C=O) groups excluding carboxylic acids is 1. The average Bonchev–Trinajstić information content (AvgIpc) is 2.51. The molecule has 2 N–H and O–H groups in total. The summed E-state index contributed by atoms with van der Waals surface area (Å²) >= 11 is 13.7. The number of rotatable bonds is 4. The van der Waals surface area contributed by atoms with Crippen molar-refractivity contribution >= 4 is 46.7 Å². The van der Waals surface area contributed by atoms with Gasteiger partial charge in [0, 0.05) is 28.1 Å². The molecule has 2 aromatic rings. The maximum Gasteiger partial charge on any atom is 0.257 e. The number of aromatic nitrogens is 2. The molecular weight excluding hydrogens is 369 g/mol. The van der Waals surface area contributed by atoms with Gasteiger partial charge in [0.15, 0.2) is 5.16 Å². The molecule has 3 rings (SSSR count). The second kappa shape index (κ2) is 7.17. The average molecular weight is 384 g/mol. The van der Waals surface area contributed by atoms with Crippen molar-refractivity contribution in [1.82, 2.24) is 9.97 Å². The van der Waals surface area contributed by atoms with Crippen LogP contribution in [0, 0.1) is 0 Å². The minimum atomic E-state index is -0.444. The summed E-state index contributed by atoms with van der Waals surface area (Å²) in [7, 11) is 0. The van der Waals surface area contributed by atoms with Gasteiger partial charge in [-0.05, 0) is 24.1 Å². The standard InChI is InChI=1S/C16H15Cl2N3O2S/c1-2-5-24-16-20-14-13(15(23)21-16)10(7-12(22)19-14)9-4-3-8(17)6-11(9)18/h3-4,6,10H,2,5,7H2,1H3,(H2,19,20,21,22,23). The van der Waals surface area contributed by atoms with Crippen molar-refractivity contribution in [3.63, 3.8) is 0 Å². The topological polar surface area (TPSA) is 74.8 Å². The zero-order chi connectivity index (χ0) is 17.3. The number of amides is 1. The van der Waals surface area contributed by atoms with Gasteiger partial charge in [0.1, 0.15) is 5.82 Å². The molecule has 1 aromatic heterocycles. The molecule has 1 aliphatic heterocycles. The molecule has 2 heterocycles. The Hall–Kier alpha value is -1.50. The number of thioether (sulfide) groups is 1. The minimum absolute atomic E-state index is 0.139. The molecule has 0 radical (unpaired) electrons. The number of hydrogen-bond donors (Lipinski definition) is 2. The van der Waals surface area contributed by atoms with E-state index >= 15 is 0 Å². The van der Waals surface area contributed by atoms with Crippen LogP contribution in [-0.4, -0.2) is 21.6 Å². The quantitative estimate of drug-likeness (QED) is 0.616. The van der Waals surface area contributed by atoms with E-state index in [-0.39, 0.29) is 17.9 Å². The fraction of sp³-hybridized carbons (Fsp3) is 0.312. The van der Waals surface area contributed by atoms with Crippen LogP contribution in [0.15, 0.2) is 28.2 Å². The van der Waals surface area contributed by atoms with E-state index in [1.165, 1.54) is 11.8 Å². The van der Waals surface area contributed by atoms with Crippen LogP contribution in [0.3, 0.4) is 0 Å². The van der Waals surface area contributed by atoms with E-state index < -0.39 is 5.92 Å². The molecule has 1 atom stereocenters. The van der Waals surface area contributed by atoms with Crippen LogP contribution < -0.4 is 10.9 Å². The summed E-state index contributed by atoms with van der Waals surface area (Å²) in [6, 6.07) is 5.05. The van der Waals surface area contributed by atoms with Gasteiger partial charge < -0.3 is 10.3 Å². The molecule has 1 unspecified atom stereocenters. The number of aromatic amines is 1. The van der Waals surface area contributed by atoms with E-state index in [1.54, 1.807) is 18.2 Å². The lowest BCUT2D eigenvalue weighted by Crippen LogP contribution is -2.31. The summed E-state index contributed by atoms with van der Waals surface area (Å²) < 4.78 is 0. The van der Waals surface area contributed by atoms with Gasteiger partial charge in [0.25, 0.3) is 5.56 Å². The monoisotopic (exact) mass is 383 g/mol. The fourth-order valence-electron chi connectivity index (χ4n) is 2.67. The van der Waals surface area contributed by atoms with E-state index in [0.717, 1.165) is 12.2 Å². The van der Waals surface area contributed by atoms with Crippen molar-refractivity contribution in [1.29, 1.82) is 0 Å². The van der Waals surface area contributed by atoms with Crippen LogP contribution in [0.4, 0.5) is 5.82 Å². The van der Waals surface area contributed by atoms with Crippen molar-refractivity contribution in [3.05, 3.63) is 49.7 Å². The largest absolute Gasteiger partial charge is 0.310 e. The molecule has 1 aliphatic rings. The Bertz CT molecular complexity index is 854. The van der Waals surface area contributed by atoms with Gasteiger partial charge in [0.05, 0.1) is 5.56 Å². The normalized spacial score (nSPS) is 16.6. The third-order valence-electron chi connectivity index (χ3n) is 3.71. The van der Waals surface area contributed by atoms with Crippen LogP contribution in [0.1, 0.15) is 36.8 Å². The van der Waals surface area contributed by atoms with Crippen LogP contribution >= 0.6 is 35.0 Å². The third kappa shape index (κ3) is 3.45. The lowest BCUT2D eigenvalue weighted by molar-refractivity contribution is -0.116. The molecule has 0 saturated carbocycles. The number of nitrogens with zero attached hydrogens (tertiary/aromatic N) is 1. The van der Waals surface area contributed by atoms with E-state index in [0.29, 0.717) is 32.1 Å². The summed E-state index contributed by atoms with van der Waals surface area (Å²) in [6.45, 7) is 2.05. The summed E-state index contributed by atoms with van der Waals surface area (Å²) in [5, 5.41) is 4.13. The van der Waals surface area contributed by atoms with Crippen molar-refractivity contribution in [2.24, 2.45) is 0 Å². The third-order valence-corrected chi connectivity index (χ3v) is 5.35. The maximum absolute atomic E-state index is 12.6. The zero-order valence-corrected chi connectivity index (χ0v) is 15.2. The first-order chi connectivity index (χ1) is 11.5. The highest BCUT2D eigenvalue weighted by molar-refractivity contribution is 7.99. The Morgan fingerprint density at radius 1 is 1.33 bits per heavy atom. The second-order valence-corrected chi connectivity index (χ2v) is 7.38. The number of hydrogen-bond acceptors (Lipinski definition) is 4. The molecule has 1 amide bonds. The van der Waals surface area contributed by atoms with Crippen molar-refractivity contribution in [3.8, 4) is 0 Å². The first-order valence-corrected chi connectivity index (χ1v) is 9.25. The first-order valence-electron chi connectivity index (χ1n) is 7.51. The number of benzene rings is 1. The molecule has 24 heavy (non-hydrogen) atoms. The molecule has 1 aromatic carbocycles. The van der Waals surface area contributed by atoms with Crippen LogP contribution in [-0.2, 0) is 4.79 Å². The van der Waals surface area contributed by atoms with Gasteiger partial charge in [-0.2, -0.15) is 0 Å². The van der Waals surface area contributed by atoms with E-state index in [2.05, 4.69) is 15.3 Å². The predicted octanol–water partition coefficient (Wildman–Crippen LogP) is 4.05. The van der Waals surface area contributed by atoms with Gasteiger partial charge in [-0.15, -0.1) is 0 Å². The molecule has 0 fully saturated rings. The van der Waals surface area contributed by atoms with Gasteiger partial charge in [-0.3, -0.25) is 9.59 Å². The zero-order valence-electron chi connectivity index (χ0n) is 12.9. The molecule has 0 spiro atoms. The molecule has 0 bridgehead atoms. The minimum Gasteiger partial charge on any atom is -0.310 e. The Balaban J connectivity index is 2.09. The molecule has 5 nitrogen and oxygen atoms in total. The Labute approximate surface area is 153 Å². The SMILES string of the molecule is CCCSc1nc2c(c(=O)[nH]1)C(c1ccc(Cl)cc1Cl)CC(=O)N2. The number of halogens is 2. The first kappa shape index (κ1) is 17.3. The van der Waals surface area contributed by atoms with Gasteiger partial charge in [0.2, 0.25) is 5.91 Å². The number of carbonyl (C=O) groups is 1. The molecule has 0 aliphatic carbocycles. The fourth-order valence-corrected chi connectivity index (χ4v) is 3.93. The van der Waals surface area contributed by atoms with E-state index in [4.69, 9.17) is 23.2 Å². The van der Waals surface area contributed by atoms with Crippen molar-refractivity contribution in [2.45, 2.75) is 30.8 Å². The van der Waals surface area contributed by atoms with Crippen molar-refractivity contribution in [2.75, 3.05) is 11.1 Å². The Kier molecular flexibility index (Phi) is 5.18. The van der Waals surface area contributed by atoms with Gasteiger partial charge >= 0.3 is 0 Å².